The minimum atomic E-state index is -0.834. The molecule has 0 bridgehead atoms. The number of anilines is 1. The van der Waals surface area contributed by atoms with Crippen LogP contribution in [0.4, 0.5) is 5.69 Å². The molecule has 0 spiro atoms. The first-order valence-electron chi connectivity index (χ1n) is 12.8. The summed E-state index contributed by atoms with van der Waals surface area (Å²) < 4.78 is 0. The van der Waals surface area contributed by atoms with Gasteiger partial charge in [-0.15, -0.1) is 11.3 Å². The number of aromatic nitrogens is 1. The van der Waals surface area contributed by atoms with E-state index in [1.807, 2.05) is 40.6 Å². The zero-order valence-electron chi connectivity index (χ0n) is 21.6. The van der Waals surface area contributed by atoms with E-state index < -0.39 is 5.97 Å². The zero-order valence-corrected chi connectivity index (χ0v) is 22.4. The average molecular weight is 514 g/mol. The summed E-state index contributed by atoms with van der Waals surface area (Å²) in [5, 5.41) is 15.8. The van der Waals surface area contributed by atoms with Gasteiger partial charge in [0.15, 0.2) is 0 Å². The van der Waals surface area contributed by atoms with Crippen LogP contribution in [-0.4, -0.2) is 34.0 Å². The first-order chi connectivity index (χ1) is 17.9. The topological polar surface area (TPSA) is 65.5 Å². The van der Waals surface area contributed by atoms with Gasteiger partial charge in [0.1, 0.15) is 5.01 Å². The third-order valence-corrected chi connectivity index (χ3v) is 6.94. The Labute approximate surface area is 223 Å². The summed E-state index contributed by atoms with van der Waals surface area (Å²) in [6.07, 6.45) is 2.11. The van der Waals surface area contributed by atoms with E-state index in [1.54, 1.807) is 11.3 Å². The number of hydrogen-bond donors (Lipinski definition) is 2. The fourth-order valence-corrected chi connectivity index (χ4v) is 5.18. The molecule has 0 radical (unpaired) electrons. The molecule has 1 aromatic heterocycles. The Morgan fingerprint density at radius 1 is 0.919 bits per heavy atom. The van der Waals surface area contributed by atoms with Crippen molar-refractivity contribution < 1.29 is 9.90 Å². The normalized spacial score (nSPS) is 11.2. The monoisotopic (exact) mass is 513 g/mol. The lowest BCUT2D eigenvalue weighted by Gasteiger charge is -2.19. The van der Waals surface area contributed by atoms with Crippen LogP contribution in [0, 0.1) is 5.92 Å². The maximum atomic E-state index is 11.4. The summed E-state index contributed by atoms with van der Waals surface area (Å²) >= 11 is 1.57. The molecule has 2 N–H and O–H groups in total. The van der Waals surface area contributed by atoms with E-state index in [0.717, 1.165) is 46.9 Å². The first-order valence-corrected chi connectivity index (χ1v) is 13.7. The smallest absolute Gasteiger partial charge is 0.317 e. The van der Waals surface area contributed by atoms with Gasteiger partial charge in [0.2, 0.25) is 0 Å². The van der Waals surface area contributed by atoms with Gasteiger partial charge in [0, 0.05) is 29.7 Å². The predicted octanol–water partition coefficient (Wildman–Crippen LogP) is 6.75. The Kier molecular flexibility index (Phi) is 9.46. The summed E-state index contributed by atoms with van der Waals surface area (Å²) in [6.45, 7) is 6.43. The van der Waals surface area contributed by atoms with Gasteiger partial charge in [-0.2, -0.15) is 0 Å². The van der Waals surface area contributed by atoms with Gasteiger partial charge in [0.25, 0.3) is 0 Å². The van der Waals surface area contributed by atoms with E-state index in [9.17, 15) is 9.90 Å². The zero-order chi connectivity index (χ0) is 26.0. The van der Waals surface area contributed by atoms with Crippen LogP contribution in [0.5, 0.6) is 0 Å². The summed E-state index contributed by atoms with van der Waals surface area (Å²) in [6, 6.07) is 27.2. The van der Waals surface area contributed by atoms with Gasteiger partial charge < -0.3 is 10.4 Å². The highest BCUT2D eigenvalue weighted by Gasteiger charge is 2.14. The second-order valence-electron chi connectivity index (χ2n) is 9.82. The Balaban J connectivity index is 1.30. The van der Waals surface area contributed by atoms with Crippen LogP contribution >= 0.6 is 11.3 Å². The van der Waals surface area contributed by atoms with Crippen molar-refractivity contribution in [3.8, 4) is 11.3 Å². The lowest BCUT2D eigenvalue weighted by Crippen LogP contribution is -2.28. The van der Waals surface area contributed by atoms with Gasteiger partial charge in [-0.3, -0.25) is 9.69 Å². The molecule has 0 amide bonds. The van der Waals surface area contributed by atoms with Gasteiger partial charge >= 0.3 is 5.97 Å². The Bertz CT molecular complexity index is 1250. The quantitative estimate of drug-likeness (QED) is 0.207. The van der Waals surface area contributed by atoms with E-state index >= 15 is 0 Å². The molecule has 0 fully saturated rings. The van der Waals surface area contributed by atoms with Crippen LogP contribution in [0.3, 0.4) is 0 Å². The fraction of sp³-hybridized carbons (Fsp3) is 0.290. The van der Waals surface area contributed by atoms with E-state index in [1.165, 1.54) is 11.1 Å². The standard InChI is InChI=1S/C31H35N3O2S/c1-23(2)18-25-10-8-24(9-11-25)16-17-32-28-14-12-27(13-15-28)29-22-37-30(33-29)20-34(21-31(35)36)19-26-6-4-3-5-7-26/h3-15,22-23,32H,16-21H2,1-2H3,(H,35,36). The first kappa shape index (κ1) is 26.6. The number of hydrogen-bond acceptors (Lipinski definition) is 5. The van der Waals surface area contributed by atoms with E-state index in [-0.39, 0.29) is 6.54 Å². The van der Waals surface area contributed by atoms with Crippen molar-refractivity contribution in [2.24, 2.45) is 5.92 Å². The summed E-state index contributed by atoms with van der Waals surface area (Å²) in [5.74, 6) is -0.156. The molecule has 0 unspecified atom stereocenters. The van der Waals surface area contributed by atoms with Crippen LogP contribution in [0.2, 0.25) is 0 Å². The van der Waals surface area contributed by atoms with Crippen molar-refractivity contribution in [2.75, 3.05) is 18.4 Å². The van der Waals surface area contributed by atoms with Crippen molar-refractivity contribution in [1.82, 2.24) is 9.88 Å². The molecule has 0 saturated carbocycles. The highest BCUT2D eigenvalue weighted by molar-refractivity contribution is 7.09. The largest absolute Gasteiger partial charge is 0.480 e. The van der Waals surface area contributed by atoms with Crippen LogP contribution in [0.1, 0.15) is 35.5 Å². The number of nitrogens with one attached hydrogen (secondary N) is 1. The van der Waals surface area contributed by atoms with Crippen LogP contribution in [0.25, 0.3) is 11.3 Å². The third kappa shape index (κ3) is 8.55. The van der Waals surface area contributed by atoms with Gasteiger partial charge in [-0.1, -0.05) is 80.6 Å². The van der Waals surface area contributed by atoms with Crippen molar-refractivity contribution >= 4 is 23.0 Å². The SMILES string of the molecule is CC(C)Cc1ccc(CCNc2ccc(-c3csc(CN(CC(=O)O)Cc4ccccc4)n3)cc2)cc1. The molecule has 37 heavy (non-hydrogen) atoms. The predicted molar refractivity (Wildman–Crippen MR) is 153 cm³/mol. The van der Waals surface area contributed by atoms with Crippen molar-refractivity contribution in [3.05, 3.63) is 106 Å². The fourth-order valence-electron chi connectivity index (χ4n) is 4.33. The summed E-state index contributed by atoms with van der Waals surface area (Å²) in [5.41, 5.74) is 6.90. The highest BCUT2D eigenvalue weighted by atomic mass is 32.1. The van der Waals surface area contributed by atoms with Crippen LogP contribution in [0.15, 0.2) is 84.2 Å². The maximum Gasteiger partial charge on any atom is 0.317 e. The third-order valence-electron chi connectivity index (χ3n) is 6.11. The van der Waals surface area contributed by atoms with E-state index in [4.69, 9.17) is 4.98 Å². The Hall–Kier alpha value is -3.48. The second kappa shape index (κ2) is 13.2. The number of nitrogens with zero attached hydrogens (tertiary/aromatic N) is 2. The Morgan fingerprint density at radius 3 is 2.30 bits per heavy atom. The second-order valence-corrected chi connectivity index (χ2v) is 10.8. The minimum absolute atomic E-state index is 0.0216. The van der Waals surface area contributed by atoms with Crippen molar-refractivity contribution in [1.29, 1.82) is 0 Å². The van der Waals surface area contributed by atoms with Gasteiger partial charge in [-0.05, 0) is 47.6 Å². The number of benzene rings is 3. The molecular formula is C31H35N3O2S. The number of carboxylic acids is 1. The molecular weight excluding hydrogens is 478 g/mol. The molecule has 192 valence electrons. The molecule has 4 aromatic rings. The number of aliphatic carboxylic acids is 1. The number of carbonyl (C=O) groups is 1. The molecule has 0 atom stereocenters. The van der Waals surface area contributed by atoms with Gasteiger partial charge in [-0.25, -0.2) is 4.98 Å². The summed E-state index contributed by atoms with van der Waals surface area (Å²) in [4.78, 5) is 18.1. The molecule has 4 rings (SSSR count). The van der Waals surface area contributed by atoms with Gasteiger partial charge in [0.05, 0.1) is 18.8 Å². The van der Waals surface area contributed by atoms with Crippen molar-refractivity contribution in [3.63, 3.8) is 0 Å². The maximum absolute atomic E-state index is 11.4. The number of thiazole rings is 1. The molecule has 6 heteroatoms. The lowest BCUT2D eigenvalue weighted by atomic mass is 10.0. The lowest BCUT2D eigenvalue weighted by molar-refractivity contribution is -0.138. The molecule has 0 saturated heterocycles. The Morgan fingerprint density at radius 2 is 1.62 bits per heavy atom. The minimum Gasteiger partial charge on any atom is -0.480 e. The molecule has 3 aromatic carbocycles. The van der Waals surface area contributed by atoms with E-state index in [0.29, 0.717) is 19.0 Å². The molecule has 5 nitrogen and oxygen atoms in total. The van der Waals surface area contributed by atoms with Crippen LogP contribution < -0.4 is 5.32 Å². The molecule has 0 aliphatic carbocycles. The van der Waals surface area contributed by atoms with Crippen LogP contribution in [-0.2, 0) is 30.7 Å². The van der Waals surface area contributed by atoms with E-state index in [2.05, 4.69) is 67.7 Å². The van der Waals surface area contributed by atoms with Crippen molar-refractivity contribution in [2.45, 2.75) is 39.8 Å². The molecule has 0 aliphatic rings. The number of carboxylic acid groups (broad SMARTS) is 1. The average Bonchev–Trinajstić information content (AvgIpc) is 3.34. The molecule has 0 aliphatic heterocycles. The number of rotatable bonds is 13. The molecule has 1 heterocycles. The highest BCUT2D eigenvalue weighted by Crippen LogP contribution is 2.25. The summed E-state index contributed by atoms with van der Waals surface area (Å²) in [7, 11) is 0.